The monoisotopic (exact) mass is 544 g/mol. The lowest BCUT2D eigenvalue weighted by Crippen LogP contribution is -2.33. The second-order valence-electron chi connectivity index (χ2n) is 6.75. The molecule has 1 fully saturated rings. The Bertz CT molecular complexity index is 914. The van der Waals surface area contributed by atoms with Crippen LogP contribution in [0.25, 0.3) is 0 Å². The summed E-state index contributed by atoms with van der Waals surface area (Å²) >= 11 is 8.09. The minimum Gasteiger partial charge on any atom is -0.493 e. The van der Waals surface area contributed by atoms with Crippen molar-refractivity contribution in [3.63, 3.8) is 0 Å². The highest BCUT2D eigenvalue weighted by molar-refractivity contribution is 14.1. The Balaban J connectivity index is 1.61. The molecule has 1 amide bonds. The van der Waals surface area contributed by atoms with Gasteiger partial charge in [-0.3, -0.25) is 4.79 Å². The van der Waals surface area contributed by atoms with Crippen LogP contribution in [0.5, 0.6) is 11.5 Å². The average Bonchev–Trinajstić information content (AvgIpc) is 3.13. The normalized spacial score (nSPS) is 15.3. The zero-order valence-corrected chi connectivity index (χ0v) is 19.5. The molecule has 0 spiro atoms. The Morgan fingerprint density at radius 2 is 2.00 bits per heavy atom. The molecule has 0 bridgehead atoms. The minimum absolute atomic E-state index is 0.0721. The van der Waals surface area contributed by atoms with Crippen LogP contribution in [-0.4, -0.2) is 38.2 Å². The summed E-state index contributed by atoms with van der Waals surface area (Å²) in [4.78, 5) is 12.0. The van der Waals surface area contributed by atoms with E-state index in [0.29, 0.717) is 36.3 Å². The van der Waals surface area contributed by atoms with E-state index in [-0.39, 0.29) is 12.3 Å². The van der Waals surface area contributed by atoms with Crippen LogP contribution in [-0.2, 0) is 20.9 Å². The number of ether oxygens (including phenoxy) is 4. The molecule has 2 aromatic rings. The zero-order valence-electron chi connectivity index (χ0n) is 16.6. The Kier molecular flexibility index (Phi) is 7.93. The van der Waals surface area contributed by atoms with Gasteiger partial charge >= 0.3 is 0 Å². The van der Waals surface area contributed by atoms with E-state index < -0.39 is 5.79 Å². The van der Waals surface area contributed by atoms with Gasteiger partial charge in [0.2, 0.25) is 5.91 Å². The van der Waals surface area contributed by atoms with Crippen molar-refractivity contribution in [1.82, 2.24) is 5.43 Å². The Morgan fingerprint density at radius 3 is 2.67 bits per heavy atom. The highest BCUT2D eigenvalue weighted by Crippen LogP contribution is 2.34. The molecular weight excluding hydrogens is 523 g/mol. The van der Waals surface area contributed by atoms with Crippen molar-refractivity contribution in [3.05, 3.63) is 56.1 Å². The second kappa shape index (κ2) is 10.4. The molecule has 7 nitrogen and oxygen atoms in total. The number of amides is 1. The molecule has 160 valence electrons. The topological polar surface area (TPSA) is 78.4 Å². The molecule has 0 saturated carbocycles. The molecule has 1 aliphatic rings. The van der Waals surface area contributed by atoms with Crippen molar-refractivity contribution < 1.29 is 23.7 Å². The number of carbonyl (C=O) groups is 1. The summed E-state index contributed by atoms with van der Waals surface area (Å²) in [6, 6.07) is 11.1. The highest BCUT2D eigenvalue weighted by atomic mass is 127. The molecule has 0 aromatic heterocycles. The molecule has 0 radical (unpaired) electrons. The van der Waals surface area contributed by atoms with Gasteiger partial charge in [0, 0.05) is 5.02 Å². The Morgan fingerprint density at radius 1 is 1.30 bits per heavy atom. The SMILES string of the molecule is COc1cc(/C=N\NC(=O)CC2(C)OCCO2)cc(I)c1OCc1ccc(Cl)cc1. The first-order valence-electron chi connectivity index (χ1n) is 9.23. The van der Waals surface area contributed by atoms with Crippen LogP contribution in [0.4, 0.5) is 0 Å². The van der Waals surface area contributed by atoms with Gasteiger partial charge in [-0.05, 0) is 64.9 Å². The van der Waals surface area contributed by atoms with Crippen LogP contribution in [0, 0.1) is 3.57 Å². The summed E-state index contributed by atoms with van der Waals surface area (Å²) in [5.41, 5.74) is 4.25. The number of benzene rings is 2. The third-order valence-electron chi connectivity index (χ3n) is 4.33. The molecule has 1 aliphatic heterocycles. The van der Waals surface area contributed by atoms with Gasteiger partial charge in [0.15, 0.2) is 17.3 Å². The molecule has 0 atom stereocenters. The van der Waals surface area contributed by atoms with Crippen LogP contribution >= 0.6 is 34.2 Å². The Labute approximate surface area is 193 Å². The first-order chi connectivity index (χ1) is 14.4. The smallest absolute Gasteiger partial charge is 0.245 e. The predicted molar refractivity (Wildman–Crippen MR) is 122 cm³/mol. The molecule has 0 unspecified atom stereocenters. The van der Waals surface area contributed by atoms with E-state index >= 15 is 0 Å². The van der Waals surface area contributed by atoms with E-state index in [4.69, 9.17) is 30.5 Å². The number of hydrogen-bond donors (Lipinski definition) is 1. The van der Waals surface area contributed by atoms with Gasteiger partial charge in [-0.25, -0.2) is 5.43 Å². The molecule has 1 heterocycles. The summed E-state index contributed by atoms with van der Waals surface area (Å²) in [5, 5.41) is 4.69. The van der Waals surface area contributed by atoms with E-state index in [0.717, 1.165) is 14.7 Å². The standard InChI is InChI=1S/C21H22ClIN2O5/c1-21(29-7-8-30-21)11-19(26)25-24-12-15-9-17(23)20(18(10-15)27-2)28-13-14-3-5-16(22)6-4-14/h3-6,9-10,12H,7-8,11,13H2,1-2H3,(H,25,26)/b24-12-. The lowest BCUT2D eigenvalue weighted by Gasteiger charge is -2.20. The van der Waals surface area contributed by atoms with Gasteiger partial charge in [-0.2, -0.15) is 5.10 Å². The maximum absolute atomic E-state index is 12.0. The maximum atomic E-state index is 12.0. The molecule has 30 heavy (non-hydrogen) atoms. The molecular formula is C21H22ClIN2O5. The van der Waals surface area contributed by atoms with Crippen LogP contribution < -0.4 is 14.9 Å². The first-order valence-corrected chi connectivity index (χ1v) is 10.7. The van der Waals surface area contributed by atoms with Crippen molar-refractivity contribution >= 4 is 46.3 Å². The van der Waals surface area contributed by atoms with Gasteiger partial charge in [0.05, 0.1) is 36.5 Å². The van der Waals surface area contributed by atoms with E-state index in [1.165, 1.54) is 0 Å². The average molecular weight is 545 g/mol. The number of rotatable bonds is 8. The minimum atomic E-state index is -0.888. The van der Waals surface area contributed by atoms with Crippen molar-refractivity contribution in [2.24, 2.45) is 5.10 Å². The number of nitrogens with zero attached hydrogens (tertiary/aromatic N) is 1. The number of methoxy groups -OCH3 is 1. The Hall–Kier alpha value is -1.88. The van der Waals surface area contributed by atoms with Crippen LogP contribution in [0.15, 0.2) is 41.5 Å². The highest BCUT2D eigenvalue weighted by Gasteiger charge is 2.33. The quantitative estimate of drug-likeness (QED) is 0.307. The van der Waals surface area contributed by atoms with Gasteiger partial charge in [0.25, 0.3) is 0 Å². The van der Waals surface area contributed by atoms with E-state index in [2.05, 4.69) is 33.1 Å². The van der Waals surface area contributed by atoms with Gasteiger partial charge in [-0.1, -0.05) is 23.7 Å². The summed E-state index contributed by atoms with van der Waals surface area (Å²) in [7, 11) is 1.57. The summed E-state index contributed by atoms with van der Waals surface area (Å²) < 4.78 is 23.1. The summed E-state index contributed by atoms with van der Waals surface area (Å²) in [5.74, 6) is 0.0307. The van der Waals surface area contributed by atoms with E-state index in [9.17, 15) is 4.79 Å². The summed E-state index contributed by atoms with van der Waals surface area (Å²) in [6.07, 6.45) is 1.62. The number of nitrogens with one attached hydrogen (secondary N) is 1. The van der Waals surface area contributed by atoms with Crippen LogP contribution in [0.2, 0.25) is 5.02 Å². The van der Waals surface area contributed by atoms with Gasteiger partial charge in [-0.15, -0.1) is 0 Å². The number of hydrazone groups is 1. The third-order valence-corrected chi connectivity index (χ3v) is 5.38. The lowest BCUT2D eigenvalue weighted by atomic mass is 10.2. The zero-order chi connectivity index (χ0) is 21.6. The fourth-order valence-electron chi connectivity index (χ4n) is 2.86. The maximum Gasteiger partial charge on any atom is 0.245 e. The van der Waals surface area contributed by atoms with Gasteiger partial charge in [0.1, 0.15) is 6.61 Å². The lowest BCUT2D eigenvalue weighted by molar-refractivity contribution is -0.159. The fourth-order valence-corrected chi connectivity index (χ4v) is 3.77. The number of carbonyl (C=O) groups excluding carboxylic acids is 1. The third kappa shape index (κ3) is 6.31. The van der Waals surface area contributed by atoms with Crippen molar-refractivity contribution in [2.45, 2.75) is 25.7 Å². The first kappa shape index (κ1) is 22.8. The van der Waals surface area contributed by atoms with Crippen LogP contribution in [0.1, 0.15) is 24.5 Å². The van der Waals surface area contributed by atoms with E-state index in [1.807, 2.05) is 30.3 Å². The molecule has 1 saturated heterocycles. The van der Waals surface area contributed by atoms with Crippen molar-refractivity contribution in [3.8, 4) is 11.5 Å². The van der Waals surface area contributed by atoms with Crippen molar-refractivity contribution in [1.29, 1.82) is 0 Å². The predicted octanol–water partition coefficient (Wildman–Crippen LogP) is 4.14. The number of halogens is 2. The number of hydrogen-bond acceptors (Lipinski definition) is 6. The molecule has 9 heteroatoms. The second-order valence-corrected chi connectivity index (χ2v) is 8.35. The molecule has 1 N–H and O–H groups in total. The van der Waals surface area contributed by atoms with Gasteiger partial charge < -0.3 is 18.9 Å². The van der Waals surface area contributed by atoms with Crippen LogP contribution in [0.3, 0.4) is 0 Å². The van der Waals surface area contributed by atoms with E-state index in [1.54, 1.807) is 26.3 Å². The molecule has 3 rings (SSSR count). The molecule has 0 aliphatic carbocycles. The summed E-state index contributed by atoms with van der Waals surface area (Å²) in [6.45, 7) is 3.09. The fraction of sp³-hybridized carbons (Fsp3) is 0.333. The van der Waals surface area contributed by atoms with Crippen molar-refractivity contribution in [2.75, 3.05) is 20.3 Å². The molecule has 2 aromatic carbocycles. The largest absolute Gasteiger partial charge is 0.493 e.